The van der Waals surface area contributed by atoms with Crippen LogP contribution in [0.3, 0.4) is 0 Å². The summed E-state index contributed by atoms with van der Waals surface area (Å²) in [5, 5.41) is 0. The molecule has 0 unspecified atom stereocenters. The molecule has 0 N–H and O–H groups in total. The summed E-state index contributed by atoms with van der Waals surface area (Å²) in [4.78, 5) is 0. The third-order valence-corrected chi connectivity index (χ3v) is 0.402. The SMILES string of the molecule is Br.[CH2-]CC=CC.[CH3-].[Mg+2]. The molecule has 2 heteroatoms. The summed E-state index contributed by atoms with van der Waals surface area (Å²) in [7, 11) is 0. The summed E-state index contributed by atoms with van der Waals surface area (Å²) in [6.45, 7) is 5.58. The van der Waals surface area contributed by atoms with Gasteiger partial charge in [-0.15, -0.1) is 23.1 Å². The van der Waals surface area contributed by atoms with Crippen molar-refractivity contribution in [2.45, 2.75) is 13.3 Å². The average molecular weight is 189 g/mol. The molecule has 0 atom stereocenters. The molecule has 0 aliphatic heterocycles. The molecule has 0 heterocycles. The van der Waals surface area contributed by atoms with Crippen molar-refractivity contribution in [3.8, 4) is 0 Å². The fourth-order valence-corrected chi connectivity index (χ4v) is 0.167. The van der Waals surface area contributed by atoms with E-state index in [1.807, 2.05) is 19.1 Å². The molecular formula is C6H13BrMg. The van der Waals surface area contributed by atoms with Gasteiger partial charge in [-0.1, -0.05) is 6.08 Å². The summed E-state index contributed by atoms with van der Waals surface area (Å²) in [5.74, 6) is 0. The van der Waals surface area contributed by atoms with E-state index < -0.39 is 0 Å². The van der Waals surface area contributed by atoms with Crippen molar-refractivity contribution < 1.29 is 0 Å². The minimum atomic E-state index is 0. The van der Waals surface area contributed by atoms with Gasteiger partial charge in [-0.3, -0.25) is 0 Å². The van der Waals surface area contributed by atoms with Gasteiger partial charge in [-0.05, 0) is 6.92 Å². The summed E-state index contributed by atoms with van der Waals surface area (Å²) in [6.07, 6.45) is 4.92. The number of hydrogen-bond donors (Lipinski definition) is 0. The predicted molar refractivity (Wildman–Crippen MR) is 47.3 cm³/mol. The Bertz CT molecular complexity index is 35.5. The first-order chi connectivity index (χ1) is 2.41. The van der Waals surface area contributed by atoms with Gasteiger partial charge in [0.15, 0.2) is 0 Å². The van der Waals surface area contributed by atoms with E-state index >= 15 is 0 Å². The van der Waals surface area contributed by atoms with E-state index in [-0.39, 0.29) is 47.5 Å². The zero-order valence-corrected chi connectivity index (χ0v) is 8.81. The molecule has 0 radical (unpaired) electrons. The number of halogens is 1. The Morgan fingerprint density at radius 3 is 1.88 bits per heavy atom. The van der Waals surface area contributed by atoms with Crippen LogP contribution in [0, 0.1) is 14.4 Å². The van der Waals surface area contributed by atoms with Crippen molar-refractivity contribution >= 4 is 40.0 Å². The maximum Gasteiger partial charge on any atom is 2.00 e. The van der Waals surface area contributed by atoms with Crippen molar-refractivity contribution in [2.75, 3.05) is 0 Å². The second kappa shape index (κ2) is 24.5. The first-order valence-corrected chi connectivity index (χ1v) is 1.82. The van der Waals surface area contributed by atoms with Gasteiger partial charge < -0.3 is 14.4 Å². The second-order valence-electron chi connectivity index (χ2n) is 0.858. The van der Waals surface area contributed by atoms with Gasteiger partial charge in [-0.2, -0.15) is 6.42 Å². The first kappa shape index (κ1) is 23.1. The van der Waals surface area contributed by atoms with Crippen molar-refractivity contribution in [1.29, 1.82) is 0 Å². The van der Waals surface area contributed by atoms with E-state index in [0.29, 0.717) is 0 Å². The Labute approximate surface area is 79.7 Å². The maximum absolute atomic E-state index is 3.59. The Morgan fingerprint density at radius 2 is 1.88 bits per heavy atom. The molecule has 0 aromatic rings. The van der Waals surface area contributed by atoms with Crippen LogP contribution in [-0.4, -0.2) is 23.1 Å². The van der Waals surface area contributed by atoms with Crippen LogP contribution in [0.15, 0.2) is 12.2 Å². The fraction of sp³-hybridized carbons (Fsp3) is 0.333. The van der Waals surface area contributed by atoms with E-state index in [1.54, 1.807) is 0 Å². The Balaban J connectivity index is -0.0000000267. The molecule has 0 spiro atoms. The molecule has 0 aromatic carbocycles. The van der Waals surface area contributed by atoms with E-state index in [9.17, 15) is 0 Å². The van der Waals surface area contributed by atoms with Crippen molar-refractivity contribution in [2.24, 2.45) is 0 Å². The van der Waals surface area contributed by atoms with Gasteiger partial charge in [-0.25, -0.2) is 0 Å². The summed E-state index contributed by atoms with van der Waals surface area (Å²) in [6, 6.07) is 0. The molecule has 0 amide bonds. The molecule has 8 heavy (non-hydrogen) atoms. The third-order valence-electron chi connectivity index (χ3n) is 0.402. The number of allylic oxidation sites excluding steroid dienone is 2. The van der Waals surface area contributed by atoms with Gasteiger partial charge in [0, 0.05) is 0 Å². The van der Waals surface area contributed by atoms with Crippen LogP contribution in [0.4, 0.5) is 0 Å². The van der Waals surface area contributed by atoms with Crippen LogP contribution in [0.2, 0.25) is 0 Å². The average Bonchev–Trinajstić information content (AvgIpc) is 1.41. The molecule has 0 aliphatic carbocycles. The predicted octanol–water partition coefficient (Wildman–Crippen LogP) is 2.43. The monoisotopic (exact) mass is 188 g/mol. The Kier molecular flexibility index (Phi) is 70.7. The standard InChI is InChI=1S/C5H9.CH3.BrH.Mg/c1-3-5-4-2;;;/h4-5H,1,3H2,2H3;1H3;1H;/q2*-1;;+2. The largest absolute Gasteiger partial charge is 2.00 e. The maximum atomic E-state index is 3.59. The fourth-order valence-electron chi connectivity index (χ4n) is 0.167. The van der Waals surface area contributed by atoms with Crippen molar-refractivity contribution in [1.82, 2.24) is 0 Å². The smallest absolute Gasteiger partial charge is 0.358 e. The zero-order chi connectivity index (χ0) is 4.12. The van der Waals surface area contributed by atoms with E-state index in [0.717, 1.165) is 6.42 Å². The second-order valence-corrected chi connectivity index (χ2v) is 0.858. The molecule has 0 aromatic heterocycles. The Morgan fingerprint density at radius 1 is 1.50 bits per heavy atom. The van der Waals surface area contributed by atoms with Gasteiger partial charge in [0.2, 0.25) is 0 Å². The number of rotatable bonds is 1. The van der Waals surface area contributed by atoms with Crippen LogP contribution in [0.25, 0.3) is 0 Å². The quantitative estimate of drug-likeness (QED) is 0.338. The minimum absolute atomic E-state index is 0. The molecule has 0 aliphatic rings. The van der Waals surface area contributed by atoms with Crippen LogP contribution >= 0.6 is 17.0 Å². The van der Waals surface area contributed by atoms with Crippen LogP contribution in [0.1, 0.15) is 13.3 Å². The molecule has 0 bridgehead atoms. The first-order valence-electron chi connectivity index (χ1n) is 1.82. The van der Waals surface area contributed by atoms with Crippen molar-refractivity contribution in [3.63, 3.8) is 0 Å². The summed E-state index contributed by atoms with van der Waals surface area (Å²) >= 11 is 0. The Hall–Kier alpha value is 0.986. The molecular weight excluding hydrogens is 176 g/mol. The molecule has 0 saturated heterocycles. The van der Waals surface area contributed by atoms with Crippen molar-refractivity contribution in [3.05, 3.63) is 26.5 Å². The van der Waals surface area contributed by atoms with Gasteiger partial charge in [0.1, 0.15) is 0 Å². The minimum Gasteiger partial charge on any atom is -0.358 e. The number of hydrogen-bond acceptors (Lipinski definition) is 0. The molecule has 0 saturated carbocycles. The molecule has 0 rings (SSSR count). The molecule has 0 nitrogen and oxygen atoms in total. The molecule has 46 valence electrons. The third kappa shape index (κ3) is 28.1. The van der Waals surface area contributed by atoms with Crippen LogP contribution in [-0.2, 0) is 0 Å². The van der Waals surface area contributed by atoms with E-state index in [4.69, 9.17) is 0 Å². The van der Waals surface area contributed by atoms with Gasteiger partial charge in [0.05, 0.1) is 0 Å². The van der Waals surface area contributed by atoms with E-state index in [1.165, 1.54) is 0 Å². The van der Waals surface area contributed by atoms with Crippen LogP contribution < -0.4 is 0 Å². The zero-order valence-electron chi connectivity index (χ0n) is 5.68. The van der Waals surface area contributed by atoms with Gasteiger partial charge in [0.25, 0.3) is 0 Å². The van der Waals surface area contributed by atoms with Crippen LogP contribution in [0.5, 0.6) is 0 Å². The normalized spacial score (nSPS) is 6.25. The van der Waals surface area contributed by atoms with E-state index in [2.05, 4.69) is 6.92 Å². The summed E-state index contributed by atoms with van der Waals surface area (Å²) < 4.78 is 0. The summed E-state index contributed by atoms with van der Waals surface area (Å²) in [5.41, 5.74) is 0. The molecule has 0 fully saturated rings. The topological polar surface area (TPSA) is 0 Å². The van der Waals surface area contributed by atoms with Gasteiger partial charge >= 0.3 is 23.1 Å².